The molecule has 0 spiro atoms. The van der Waals surface area contributed by atoms with Crippen molar-refractivity contribution < 1.29 is 19.1 Å². The van der Waals surface area contributed by atoms with Crippen molar-refractivity contribution >= 4 is 11.9 Å². The van der Waals surface area contributed by atoms with E-state index in [0.717, 1.165) is 25.7 Å². The largest absolute Gasteiger partial charge is 0.466 e. The van der Waals surface area contributed by atoms with Gasteiger partial charge >= 0.3 is 11.9 Å². The third-order valence-electron chi connectivity index (χ3n) is 3.41. The zero-order chi connectivity index (χ0) is 13.6. The lowest BCUT2D eigenvalue weighted by Crippen LogP contribution is -2.32. The summed E-state index contributed by atoms with van der Waals surface area (Å²) >= 11 is 0. The van der Waals surface area contributed by atoms with Crippen molar-refractivity contribution in [2.75, 3.05) is 6.61 Å². The zero-order valence-electron chi connectivity index (χ0n) is 11.7. The summed E-state index contributed by atoms with van der Waals surface area (Å²) in [4.78, 5) is 22.7. The lowest BCUT2D eigenvalue weighted by molar-refractivity contribution is -0.163. The van der Waals surface area contributed by atoms with Crippen molar-refractivity contribution in [2.45, 2.75) is 65.4 Å². The number of carbonyl (C=O) groups is 2. The van der Waals surface area contributed by atoms with Crippen molar-refractivity contribution in [3.05, 3.63) is 0 Å². The van der Waals surface area contributed by atoms with Crippen LogP contribution >= 0.6 is 0 Å². The van der Waals surface area contributed by atoms with Gasteiger partial charge in [0.25, 0.3) is 0 Å². The average Bonchev–Trinajstić information content (AvgIpc) is 2.29. The number of rotatable bonds is 5. The van der Waals surface area contributed by atoms with Gasteiger partial charge < -0.3 is 9.47 Å². The van der Waals surface area contributed by atoms with Gasteiger partial charge in [0, 0.05) is 6.92 Å². The van der Waals surface area contributed by atoms with Gasteiger partial charge in [-0.3, -0.25) is 9.59 Å². The van der Waals surface area contributed by atoms with Crippen molar-refractivity contribution in [1.29, 1.82) is 0 Å². The van der Waals surface area contributed by atoms with Crippen molar-refractivity contribution in [1.82, 2.24) is 0 Å². The van der Waals surface area contributed by atoms with E-state index < -0.39 is 5.41 Å². The van der Waals surface area contributed by atoms with Gasteiger partial charge in [0.05, 0.1) is 12.0 Å². The van der Waals surface area contributed by atoms with E-state index in [2.05, 4.69) is 0 Å². The third-order valence-corrected chi connectivity index (χ3v) is 3.41. The van der Waals surface area contributed by atoms with Gasteiger partial charge in [-0.25, -0.2) is 0 Å². The predicted octanol–water partition coefficient (Wildman–Crippen LogP) is 2.84. The molecule has 0 aromatic rings. The van der Waals surface area contributed by atoms with Crippen LogP contribution < -0.4 is 0 Å². The predicted molar refractivity (Wildman–Crippen MR) is 68.0 cm³/mol. The molecule has 1 aliphatic rings. The van der Waals surface area contributed by atoms with Crippen LogP contribution in [0.2, 0.25) is 0 Å². The van der Waals surface area contributed by atoms with Gasteiger partial charge in [0.15, 0.2) is 0 Å². The monoisotopic (exact) mass is 256 g/mol. The van der Waals surface area contributed by atoms with Crippen LogP contribution in [0.5, 0.6) is 0 Å². The van der Waals surface area contributed by atoms with E-state index in [1.165, 1.54) is 13.3 Å². The smallest absolute Gasteiger partial charge is 0.311 e. The zero-order valence-corrected chi connectivity index (χ0v) is 11.7. The lowest BCUT2D eigenvalue weighted by atomic mass is 9.89. The first kappa shape index (κ1) is 15.0. The van der Waals surface area contributed by atoms with E-state index in [1.807, 2.05) is 13.8 Å². The summed E-state index contributed by atoms with van der Waals surface area (Å²) in [7, 11) is 0. The van der Waals surface area contributed by atoms with E-state index in [-0.39, 0.29) is 24.6 Å². The number of esters is 2. The summed E-state index contributed by atoms with van der Waals surface area (Å²) in [5.74, 6) is -0.493. The molecule has 0 aromatic carbocycles. The lowest BCUT2D eigenvalue weighted by Gasteiger charge is -2.28. The van der Waals surface area contributed by atoms with Crippen LogP contribution in [0.4, 0.5) is 0 Å². The maximum absolute atomic E-state index is 12.0. The highest BCUT2D eigenvalue weighted by atomic mass is 16.5. The second kappa shape index (κ2) is 6.76. The molecule has 0 atom stereocenters. The minimum absolute atomic E-state index is 0.0826. The molecule has 18 heavy (non-hydrogen) atoms. The van der Waals surface area contributed by atoms with Gasteiger partial charge in [-0.2, -0.15) is 0 Å². The van der Waals surface area contributed by atoms with E-state index >= 15 is 0 Å². The van der Waals surface area contributed by atoms with Crippen LogP contribution in [-0.2, 0) is 19.1 Å². The van der Waals surface area contributed by atoms with Crippen LogP contribution in [0, 0.1) is 5.41 Å². The molecule has 0 amide bonds. The van der Waals surface area contributed by atoms with Crippen molar-refractivity contribution in [3.8, 4) is 0 Å². The fourth-order valence-corrected chi connectivity index (χ4v) is 2.05. The Morgan fingerprint density at radius 1 is 1.17 bits per heavy atom. The molecule has 1 fully saturated rings. The van der Waals surface area contributed by atoms with E-state index in [4.69, 9.17) is 9.47 Å². The number of carbonyl (C=O) groups excluding carboxylic acids is 2. The summed E-state index contributed by atoms with van der Waals surface area (Å²) in [5, 5.41) is 0. The minimum Gasteiger partial charge on any atom is -0.466 e. The molecule has 4 heteroatoms. The normalized spacial score (nSPS) is 17.3. The second-order valence-electron chi connectivity index (χ2n) is 5.64. The molecule has 0 unspecified atom stereocenters. The molecule has 4 nitrogen and oxygen atoms in total. The SMILES string of the molecule is CC(=O)OCCC(C)(C)C(=O)OC1CCCCC1. The van der Waals surface area contributed by atoms with Gasteiger partial charge in [0.1, 0.15) is 6.10 Å². The third kappa shape index (κ3) is 5.07. The molecule has 0 bridgehead atoms. The van der Waals surface area contributed by atoms with Crippen LogP contribution in [-0.4, -0.2) is 24.6 Å². The Morgan fingerprint density at radius 2 is 1.78 bits per heavy atom. The number of hydrogen-bond acceptors (Lipinski definition) is 4. The maximum atomic E-state index is 12.0. The Labute approximate surface area is 109 Å². The first-order chi connectivity index (χ1) is 8.42. The fourth-order valence-electron chi connectivity index (χ4n) is 2.05. The molecule has 0 radical (unpaired) electrons. The molecule has 0 saturated heterocycles. The van der Waals surface area contributed by atoms with Crippen molar-refractivity contribution in [3.63, 3.8) is 0 Å². The Bertz CT molecular complexity index is 290. The quantitative estimate of drug-likeness (QED) is 0.710. The van der Waals surface area contributed by atoms with E-state index in [9.17, 15) is 9.59 Å². The Kier molecular flexibility index (Phi) is 5.63. The molecular weight excluding hydrogens is 232 g/mol. The average molecular weight is 256 g/mol. The molecule has 0 aromatic heterocycles. The summed E-state index contributed by atoms with van der Waals surface area (Å²) in [6.45, 7) is 5.30. The molecule has 0 aliphatic heterocycles. The highest BCUT2D eigenvalue weighted by Gasteiger charge is 2.31. The summed E-state index contributed by atoms with van der Waals surface area (Å²) in [6.07, 6.45) is 6.07. The van der Waals surface area contributed by atoms with Crippen LogP contribution in [0.25, 0.3) is 0 Å². The van der Waals surface area contributed by atoms with Gasteiger partial charge in [-0.15, -0.1) is 0 Å². The first-order valence-corrected chi connectivity index (χ1v) is 6.76. The molecule has 1 rings (SSSR count). The first-order valence-electron chi connectivity index (χ1n) is 6.76. The molecule has 1 aliphatic carbocycles. The second-order valence-corrected chi connectivity index (χ2v) is 5.64. The molecular formula is C14H24O4. The van der Waals surface area contributed by atoms with Crippen LogP contribution in [0.3, 0.4) is 0 Å². The highest BCUT2D eigenvalue weighted by molar-refractivity contribution is 5.76. The molecule has 104 valence electrons. The topological polar surface area (TPSA) is 52.6 Å². The minimum atomic E-state index is -0.590. The molecule has 0 heterocycles. The fraction of sp³-hybridized carbons (Fsp3) is 0.857. The van der Waals surface area contributed by atoms with Crippen molar-refractivity contribution in [2.24, 2.45) is 5.41 Å². The number of hydrogen-bond donors (Lipinski definition) is 0. The standard InChI is InChI=1S/C14H24O4/c1-11(15)17-10-9-14(2,3)13(16)18-12-7-5-4-6-8-12/h12H,4-10H2,1-3H3. The highest BCUT2D eigenvalue weighted by Crippen LogP contribution is 2.27. The number of ether oxygens (including phenoxy) is 2. The molecule has 0 N–H and O–H groups in total. The van der Waals surface area contributed by atoms with Gasteiger partial charge in [-0.1, -0.05) is 6.42 Å². The van der Waals surface area contributed by atoms with E-state index in [1.54, 1.807) is 0 Å². The van der Waals surface area contributed by atoms with Crippen LogP contribution in [0.15, 0.2) is 0 Å². The summed E-state index contributed by atoms with van der Waals surface area (Å²) in [6, 6.07) is 0. The van der Waals surface area contributed by atoms with Gasteiger partial charge in [-0.05, 0) is 46.0 Å². The Morgan fingerprint density at radius 3 is 2.33 bits per heavy atom. The summed E-state index contributed by atoms with van der Waals surface area (Å²) < 4.78 is 10.4. The Hall–Kier alpha value is -1.06. The van der Waals surface area contributed by atoms with E-state index in [0.29, 0.717) is 6.42 Å². The maximum Gasteiger partial charge on any atom is 0.311 e. The van der Waals surface area contributed by atoms with Gasteiger partial charge in [0.2, 0.25) is 0 Å². The van der Waals surface area contributed by atoms with Crippen LogP contribution in [0.1, 0.15) is 59.3 Å². The molecule has 1 saturated carbocycles. The summed E-state index contributed by atoms with van der Waals surface area (Å²) in [5.41, 5.74) is -0.590. The Balaban J connectivity index is 2.35.